The lowest BCUT2D eigenvalue weighted by Gasteiger charge is -2.21. The lowest BCUT2D eigenvalue weighted by molar-refractivity contribution is 0.294. The van der Waals surface area contributed by atoms with Crippen molar-refractivity contribution >= 4 is 0 Å². The van der Waals surface area contributed by atoms with Crippen molar-refractivity contribution < 1.29 is 0 Å². The minimum atomic E-state index is 0.565. The van der Waals surface area contributed by atoms with Gasteiger partial charge in [-0.1, -0.05) is 19.4 Å². The lowest BCUT2D eigenvalue weighted by atomic mass is 10.0. The van der Waals surface area contributed by atoms with Crippen molar-refractivity contribution in [2.24, 2.45) is 11.8 Å². The molecule has 0 spiro atoms. The molecule has 0 bridgehead atoms. The van der Waals surface area contributed by atoms with E-state index in [9.17, 15) is 0 Å². The van der Waals surface area contributed by atoms with Crippen LogP contribution in [0.5, 0.6) is 0 Å². The van der Waals surface area contributed by atoms with E-state index in [0.29, 0.717) is 5.92 Å². The Morgan fingerprint density at radius 1 is 1.29 bits per heavy atom. The number of rotatable bonds is 3. The summed E-state index contributed by atoms with van der Waals surface area (Å²) in [5.74, 6) is 2.58. The van der Waals surface area contributed by atoms with Crippen molar-refractivity contribution in [2.45, 2.75) is 32.1 Å². The van der Waals surface area contributed by atoms with Crippen LogP contribution in [0.15, 0.2) is 24.4 Å². The molecule has 1 aliphatic heterocycles. The predicted molar refractivity (Wildman–Crippen MR) is 69.9 cm³/mol. The number of nitrogens with zero attached hydrogens (tertiary/aromatic N) is 2. The van der Waals surface area contributed by atoms with Gasteiger partial charge in [-0.05, 0) is 36.8 Å². The van der Waals surface area contributed by atoms with Crippen LogP contribution in [0.2, 0.25) is 0 Å². The maximum absolute atomic E-state index is 4.47. The Kier molecular flexibility index (Phi) is 3.15. The molecule has 0 N–H and O–H groups in total. The summed E-state index contributed by atoms with van der Waals surface area (Å²) >= 11 is 0. The number of aromatic nitrogens is 1. The van der Waals surface area contributed by atoms with Crippen molar-refractivity contribution in [1.82, 2.24) is 9.88 Å². The third kappa shape index (κ3) is 2.37. The Labute approximate surface area is 104 Å². The summed E-state index contributed by atoms with van der Waals surface area (Å²) in [5, 5.41) is 0. The van der Waals surface area contributed by atoms with Crippen molar-refractivity contribution in [3.63, 3.8) is 0 Å². The zero-order chi connectivity index (χ0) is 11.7. The number of likely N-dealkylation sites (tertiary alicyclic amines) is 1. The van der Waals surface area contributed by atoms with Gasteiger partial charge >= 0.3 is 0 Å². The fourth-order valence-corrected chi connectivity index (χ4v) is 3.63. The third-order valence-corrected chi connectivity index (χ3v) is 4.53. The zero-order valence-electron chi connectivity index (χ0n) is 10.7. The molecule has 1 aromatic rings. The summed E-state index contributed by atoms with van der Waals surface area (Å²) in [6.45, 7) is 6.16. The number of fused-ring (bicyclic) bond motifs is 1. The van der Waals surface area contributed by atoms with Gasteiger partial charge in [0.25, 0.3) is 0 Å². The molecule has 2 heteroatoms. The van der Waals surface area contributed by atoms with E-state index in [4.69, 9.17) is 0 Å². The molecule has 1 saturated heterocycles. The fraction of sp³-hybridized carbons (Fsp3) is 0.667. The Bertz CT molecular complexity index is 350. The summed E-state index contributed by atoms with van der Waals surface area (Å²) in [4.78, 5) is 7.13. The van der Waals surface area contributed by atoms with Crippen LogP contribution in [0.1, 0.15) is 37.8 Å². The normalized spacial score (nSPS) is 30.4. The van der Waals surface area contributed by atoms with E-state index in [1.54, 1.807) is 0 Å². The van der Waals surface area contributed by atoms with E-state index in [1.165, 1.54) is 44.6 Å². The summed E-state index contributed by atoms with van der Waals surface area (Å²) in [5.41, 5.74) is 1.24. The standard InChI is InChI=1S/C15H22N2/c1-12(15-7-2-3-8-16-15)9-17-10-13-5-4-6-14(13)11-17/h2-3,7-8,12-14H,4-6,9-11H2,1H3. The molecule has 3 atom stereocenters. The molecule has 2 aliphatic rings. The second-order valence-electron chi connectivity index (χ2n) is 5.83. The molecule has 1 aliphatic carbocycles. The topological polar surface area (TPSA) is 16.1 Å². The molecule has 2 heterocycles. The van der Waals surface area contributed by atoms with E-state index in [1.807, 2.05) is 12.3 Å². The lowest BCUT2D eigenvalue weighted by Crippen LogP contribution is -2.26. The summed E-state index contributed by atoms with van der Waals surface area (Å²) in [6, 6.07) is 6.25. The minimum absolute atomic E-state index is 0.565. The average Bonchev–Trinajstić information content (AvgIpc) is 2.90. The van der Waals surface area contributed by atoms with Crippen LogP contribution in [-0.4, -0.2) is 29.5 Å². The van der Waals surface area contributed by atoms with Gasteiger partial charge in [-0.25, -0.2) is 0 Å². The molecule has 2 fully saturated rings. The Balaban J connectivity index is 1.58. The number of hydrogen-bond donors (Lipinski definition) is 0. The second-order valence-corrected chi connectivity index (χ2v) is 5.83. The smallest absolute Gasteiger partial charge is 0.0444 e. The second kappa shape index (κ2) is 4.77. The first-order valence-electron chi connectivity index (χ1n) is 6.96. The van der Waals surface area contributed by atoms with Crippen LogP contribution in [0, 0.1) is 11.8 Å². The van der Waals surface area contributed by atoms with Gasteiger partial charge in [-0.3, -0.25) is 4.98 Å². The monoisotopic (exact) mass is 230 g/mol. The summed E-state index contributed by atoms with van der Waals surface area (Å²) in [6.07, 6.45) is 6.32. The van der Waals surface area contributed by atoms with E-state index in [-0.39, 0.29) is 0 Å². The van der Waals surface area contributed by atoms with Gasteiger partial charge in [0.2, 0.25) is 0 Å². The van der Waals surface area contributed by atoms with Gasteiger partial charge in [0, 0.05) is 37.4 Å². The zero-order valence-corrected chi connectivity index (χ0v) is 10.7. The summed E-state index contributed by atoms with van der Waals surface area (Å²) < 4.78 is 0. The van der Waals surface area contributed by atoms with Crippen molar-refractivity contribution in [3.8, 4) is 0 Å². The number of pyridine rings is 1. The SMILES string of the molecule is CC(CN1CC2CCCC2C1)c1ccccn1. The highest BCUT2D eigenvalue weighted by atomic mass is 15.2. The molecule has 0 amide bonds. The van der Waals surface area contributed by atoms with Crippen LogP contribution in [0.25, 0.3) is 0 Å². The van der Waals surface area contributed by atoms with Crippen LogP contribution in [-0.2, 0) is 0 Å². The van der Waals surface area contributed by atoms with Crippen LogP contribution < -0.4 is 0 Å². The Morgan fingerprint density at radius 3 is 2.71 bits per heavy atom. The largest absolute Gasteiger partial charge is 0.302 e. The first kappa shape index (κ1) is 11.2. The van der Waals surface area contributed by atoms with E-state index in [2.05, 4.69) is 28.9 Å². The highest BCUT2D eigenvalue weighted by Crippen LogP contribution is 2.38. The first-order chi connectivity index (χ1) is 8.33. The summed E-state index contributed by atoms with van der Waals surface area (Å²) in [7, 11) is 0. The molecule has 1 aromatic heterocycles. The fourth-order valence-electron chi connectivity index (χ4n) is 3.63. The third-order valence-electron chi connectivity index (χ3n) is 4.53. The molecular weight excluding hydrogens is 208 g/mol. The Hall–Kier alpha value is -0.890. The molecule has 3 rings (SSSR count). The van der Waals surface area contributed by atoms with Crippen molar-refractivity contribution in [3.05, 3.63) is 30.1 Å². The average molecular weight is 230 g/mol. The van der Waals surface area contributed by atoms with Gasteiger partial charge in [0.05, 0.1) is 0 Å². The van der Waals surface area contributed by atoms with E-state index in [0.717, 1.165) is 11.8 Å². The first-order valence-corrected chi connectivity index (χ1v) is 6.96. The van der Waals surface area contributed by atoms with Gasteiger partial charge < -0.3 is 4.90 Å². The highest BCUT2D eigenvalue weighted by Gasteiger charge is 2.36. The van der Waals surface area contributed by atoms with Gasteiger partial charge in [0.15, 0.2) is 0 Å². The van der Waals surface area contributed by atoms with Crippen LogP contribution >= 0.6 is 0 Å². The van der Waals surface area contributed by atoms with Crippen LogP contribution in [0.3, 0.4) is 0 Å². The molecule has 2 nitrogen and oxygen atoms in total. The van der Waals surface area contributed by atoms with Gasteiger partial charge in [-0.2, -0.15) is 0 Å². The molecule has 0 aromatic carbocycles. The molecule has 17 heavy (non-hydrogen) atoms. The van der Waals surface area contributed by atoms with Crippen LogP contribution in [0.4, 0.5) is 0 Å². The molecule has 92 valence electrons. The quantitative estimate of drug-likeness (QED) is 0.793. The maximum atomic E-state index is 4.47. The molecule has 3 unspecified atom stereocenters. The maximum Gasteiger partial charge on any atom is 0.0444 e. The minimum Gasteiger partial charge on any atom is -0.302 e. The Morgan fingerprint density at radius 2 is 2.06 bits per heavy atom. The van der Waals surface area contributed by atoms with Crippen molar-refractivity contribution in [2.75, 3.05) is 19.6 Å². The highest BCUT2D eigenvalue weighted by molar-refractivity contribution is 5.09. The molecular formula is C15H22N2. The van der Waals surface area contributed by atoms with Gasteiger partial charge in [-0.15, -0.1) is 0 Å². The van der Waals surface area contributed by atoms with Gasteiger partial charge in [0.1, 0.15) is 0 Å². The predicted octanol–water partition coefficient (Wildman–Crippen LogP) is 2.92. The number of hydrogen-bond acceptors (Lipinski definition) is 2. The molecule has 0 radical (unpaired) electrons. The van der Waals surface area contributed by atoms with E-state index < -0.39 is 0 Å². The molecule has 1 saturated carbocycles. The van der Waals surface area contributed by atoms with Crippen molar-refractivity contribution in [1.29, 1.82) is 0 Å². The van der Waals surface area contributed by atoms with E-state index >= 15 is 0 Å².